The van der Waals surface area contributed by atoms with Crippen molar-refractivity contribution in [3.63, 3.8) is 0 Å². The molecule has 3 saturated heterocycles. The van der Waals surface area contributed by atoms with Crippen LogP contribution in [0.1, 0.15) is 219 Å². The third kappa shape index (κ3) is 25.4. The van der Waals surface area contributed by atoms with Crippen molar-refractivity contribution in [2.75, 3.05) is 26.4 Å². The Morgan fingerprint density at radius 1 is 0.427 bits per heavy atom. The maximum atomic E-state index is 13.1. The number of amides is 1. The van der Waals surface area contributed by atoms with Gasteiger partial charge in [-0.25, -0.2) is 0 Å². The minimum absolute atomic E-state index is 0.250. The number of nitrogens with one attached hydrogen (secondary N) is 1. The fourth-order valence-electron chi connectivity index (χ4n) is 10.5. The van der Waals surface area contributed by atoms with Crippen LogP contribution in [0.15, 0.2) is 0 Å². The molecular weight excluding hydrogens is 975 g/mol. The number of hydrogen-bond donors (Lipinski definition) is 12. The van der Waals surface area contributed by atoms with Crippen LogP contribution in [0.4, 0.5) is 0 Å². The molecule has 3 heterocycles. The van der Waals surface area contributed by atoms with Gasteiger partial charge < -0.3 is 89.9 Å². The van der Waals surface area contributed by atoms with Crippen LogP contribution in [0.2, 0.25) is 0 Å². The Hall–Kier alpha value is -1.21. The summed E-state index contributed by atoms with van der Waals surface area (Å²) in [5, 5.41) is 119. The van der Waals surface area contributed by atoms with E-state index in [4.69, 9.17) is 28.4 Å². The van der Waals surface area contributed by atoms with Crippen LogP contribution in [-0.4, -0.2) is 193 Å². The minimum atomic E-state index is -1.97. The fraction of sp³-hybridized carbons (Fsp3) is 0.982. The van der Waals surface area contributed by atoms with Crippen LogP contribution in [-0.2, 0) is 33.2 Å². The van der Waals surface area contributed by atoms with E-state index in [-0.39, 0.29) is 18.9 Å². The molecule has 0 radical (unpaired) electrons. The molecule has 0 spiro atoms. The lowest BCUT2D eigenvalue weighted by Gasteiger charge is -2.48. The SMILES string of the molecule is CCCCCCCCCCCCCCCCCCCCCCCCCCCCCC(=O)NC(COC1OC(CO)C(OC2OC(CO)C(OC3OC(CO)C(O)C(O)C3O)C(O)C2O)C(O)C1O)C(O)CCCCC. The topological polar surface area (TPSA) is 307 Å². The van der Waals surface area contributed by atoms with Crippen molar-refractivity contribution in [3.8, 4) is 0 Å². The third-order valence-corrected chi connectivity index (χ3v) is 15.4. The van der Waals surface area contributed by atoms with E-state index in [0.29, 0.717) is 19.3 Å². The molecule has 17 atom stereocenters. The van der Waals surface area contributed by atoms with Crippen molar-refractivity contribution < 1.29 is 89.4 Å². The highest BCUT2D eigenvalue weighted by Crippen LogP contribution is 2.33. The zero-order chi connectivity index (χ0) is 54.8. The number of aliphatic hydroxyl groups is 11. The molecule has 0 aromatic carbocycles. The number of unbranched alkanes of at least 4 members (excludes halogenated alkanes) is 28. The van der Waals surface area contributed by atoms with Crippen molar-refractivity contribution in [2.24, 2.45) is 0 Å². The van der Waals surface area contributed by atoms with Crippen molar-refractivity contribution in [1.82, 2.24) is 5.32 Å². The zero-order valence-electron chi connectivity index (χ0n) is 46.0. The molecule has 0 aromatic rings. The zero-order valence-corrected chi connectivity index (χ0v) is 46.0. The Labute approximate surface area is 449 Å². The predicted molar refractivity (Wildman–Crippen MR) is 282 cm³/mol. The van der Waals surface area contributed by atoms with Crippen molar-refractivity contribution in [2.45, 2.75) is 324 Å². The molecule has 3 rings (SSSR count). The molecular formula is C56H107NO18. The number of hydrogen-bond acceptors (Lipinski definition) is 18. The second-order valence-electron chi connectivity index (χ2n) is 21.8. The van der Waals surface area contributed by atoms with Gasteiger partial charge in [-0.3, -0.25) is 4.79 Å². The molecule has 0 aliphatic carbocycles. The molecule has 3 aliphatic rings. The van der Waals surface area contributed by atoms with Gasteiger partial charge in [0.2, 0.25) is 5.91 Å². The highest BCUT2D eigenvalue weighted by atomic mass is 16.8. The molecule has 0 bridgehead atoms. The van der Waals surface area contributed by atoms with Crippen LogP contribution >= 0.6 is 0 Å². The van der Waals surface area contributed by atoms with Gasteiger partial charge in [0.15, 0.2) is 18.9 Å². The van der Waals surface area contributed by atoms with E-state index in [2.05, 4.69) is 12.2 Å². The first-order valence-corrected chi connectivity index (χ1v) is 29.8. The normalized spacial score (nSPS) is 31.1. The number of ether oxygens (including phenoxy) is 6. The number of aliphatic hydroxyl groups excluding tert-OH is 11. The molecule has 12 N–H and O–H groups in total. The van der Waals surface area contributed by atoms with Gasteiger partial charge in [-0.2, -0.15) is 0 Å². The minimum Gasteiger partial charge on any atom is -0.394 e. The van der Waals surface area contributed by atoms with Gasteiger partial charge in [-0.15, -0.1) is 0 Å². The van der Waals surface area contributed by atoms with Gasteiger partial charge in [0.25, 0.3) is 0 Å². The summed E-state index contributed by atoms with van der Waals surface area (Å²) in [6, 6.07) is -0.876. The van der Waals surface area contributed by atoms with Gasteiger partial charge >= 0.3 is 0 Å². The lowest BCUT2D eigenvalue weighted by molar-refractivity contribution is -0.379. The summed E-state index contributed by atoms with van der Waals surface area (Å²) in [5.74, 6) is -0.250. The first-order chi connectivity index (χ1) is 36.3. The molecule has 3 fully saturated rings. The standard InChI is InChI=1S/C56H107NO18/c1-3-5-7-8-9-10-11-12-13-14-15-16-17-18-19-20-21-22-23-24-25-26-27-28-29-30-32-34-44(62)57-39(40(61)33-31-6-4-2)38-70-54-50(68)47(65)52(42(36-59)72-54)75-56-51(69)48(66)53(43(37-60)73-56)74-55-49(67)46(64)45(63)41(35-58)71-55/h39-43,45-56,58-61,63-69H,3-38H2,1-2H3,(H,57,62). The largest absolute Gasteiger partial charge is 0.394 e. The van der Waals surface area contributed by atoms with Crippen molar-refractivity contribution in [1.29, 1.82) is 0 Å². The Morgan fingerprint density at radius 2 is 0.760 bits per heavy atom. The van der Waals surface area contributed by atoms with Crippen LogP contribution in [0, 0.1) is 0 Å². The van der Waals surface area contributed by atoms with Gasteiger partial charge in [0, 0.05) is 6.42 Å². The van der Waals surface area contributed by atoms with E-state index < -0.39 is 124 Å². The highest BCUT2D eigenvalue weighted by Gasteiger charge is 2.53. The van der Waals surface area contributed by atoms with E-state index in [1.807, 2.05) is 6.92 Å². The lowest BCUT2D eigenvalue weighted by atomic mass is 9.96. The summed E-state index contributed by atoms with van der Waals surface area (Å²) in [6.45, 7) is 1.62. The Bertz CT molecular complexity index is 1390. The average Bonchev–Trinajstić information content (AvgIpc) is 3.40. The first-order valence-electron chi connectivity index (χ1n) is 29.8. The molecule has 19 heteroatoms. The van der Waals surface area contributed by atoms with Gasteiger partial charge in [-0.1, -0.05) is 200 Å². The summed E-state index contributed by atoms with van der Waals surface area (Å²) in [6.07, 6.45) is 12.0. The average molecular weight is 1080 g/mol. The number of carbonyl (C=O) groups excluding carboxylic acids is 1. The highest BCUT2D eigenvalue weighted by molar-refractivity contribution is 5.76. The van der Waals surface area contributed by atoms with E-state index >= 15 is 0 Å². The second-order valence-corrected chi connectivity index (χ2v) is 21.8. The van der Waals surface area contributed by atoms with E-state index in [1.165, 1.54) is 148 Å². The van der Waals surface area contributed by atoms with E-state index in [1.54, 1.807) is 0 Å². The number of rotatable bonds is 44. The molecule has 0 saturated carbocycles. The monoisotopic (exact) mass is 1080 g/mol. The Kier molecular flexibility index (Phi) is 37.1. The molecule has 0 aromatic heterocycles. The van der Waals surface area contributed by atoms with Gasteiger partial charge in [0.05, 0.1) is 38.6 Å². The first kappa shape index (κ1) is 68.1. The Balaban J connectivity index is 1.30. The molecule has 17 unspecified atom stereocenters. The lowest BCUT2D eigenvalue weighted by Crippen LogP contribution is -2.66. The fourth-order valence-corrected chi connectivity index (χ4v) is 10.5. The van der Waals surface area contributed by atoms with Crippen LogP contribution < -0.4 is 5.32 Å². The maximum Gasteiger partial charge on any atom is 0.220 e. The molecule has 19 nitrogen and oxygen atoms in total. The van der Waals surface area contributed by atoms with Crippen molar-refractivity contribution >= 4 is 5.91 Å². The molecule has 3 aliphatic heterocycles. The number of carbonyl (C=O) groups is 1. The maximum absolute atomic E-state index is 13.1. The van der Waals surface area contributed by atoms with E-state index in [0.717, 1.165) is 32.1 Å². The van der Waals surface area contributed by atoms with E-state index in [9.17, 15) is 61.0 Å². The van der Waals surface area contributed by atoms with Crippen molar-refractivity contribution in [3.05, 3.63) is 0 Å². The van der Waals surface area contributed by atoms with Crippen LogP contribution in [0.25, 0.3) is 0 Å². The molecule has 1 amide bonds. The van der Waals surface area contributed by atoms with Crippen LogP contribution in [0.3, 0.4) is 0 Å². The quantitative estimate of drug-likeness (QED) is 0.0364. The molecule has 75 heavy (non-hydrogen) atoms. The van der Waals surface area contributed by atoms with Gasteiger partial charge in [0.1, 0.15) is 73.2 Å². The predicted octanol–water partition coefficient (Wildman–Crippen LogP) is 4.82. The summed E-state index contributed by atoms with van der Waals surface area (Å²) >= 11 is 0. The summed E-state index contributed by atoms with van der Waals surface area (Å²) in [7, 11) is 0. The van der Waals surface area contributed by atoms with Gasteiger partial charge in [-0.05, 0) is 12.8 Å². The summed E-state index contributed by atoms with van der Waals surface area (Å²) in [4.78, 5) is 13.1. The van der Waals surface area contributed by atoms with Crippen LogP contribution in [0.5, 0.6) is 0 Å². The third-order valence-electron chi connectivity index (χ3n) is 15.4. The summed E-state index contributed by atoms with van der Waals surface area (Å²) in [5.41, 5.74) is 0. The summed E-state index contributed by atoms with van der Waals surface area (Å²) < 4.78 is 34.0. The second kappa shape index (κ2) is 40.9. The Morgan fingerprint density at radius 3 is 1.16 bits per heavy atom. The smallest absolute Gasteiger partial charge is 0.220 e. The molecule has 444 valence electrons.